The molecule has 0 aliphatic carbocycles. The number of hydrogen-bond acceptors (Lipinski definition) is 2. The molecule has 0 heterocycles. The molecule has 0 amide bonds. The third-order valence-electron chi connectivity index (χ3n) is 3.86. The van der Waals surface area contributed by atoms with Gasteiger partial charge in [-0.05, 0) is 52.1 Å². The fourth-order valence-corrected chi connectivity index (χ4v) is 4.07. The third kappa shape index (κ3) is 22.4. The van der Waals surface area contributed by atoms with E-state index in [-0.39, 0.29) is 0 Å². The van der Waals surface area contributed by atoms with Gasteiger partial charge in [-0.25, -0.2) is 0 Å². The lowest BCUT2D eigenvalue weighted by atomic mass is 10.1. The van der Waals surface area contributed by atoms with Crippen LogP contribution in [0, 0.1) is 0 Å². The van der Waals surface area contributed by atoms with Gasteiger partial charge in [0.05, 0.1) is 0 Å². The summed E-state index contributed by atoms with van der Waals surface area (Å²) in [6, 6.07) is 0. The highest BCUT2D eigenvalue weighted by atomic mass is 28.4. The molecule has 140 valence electrons. The number of unbranched alkanes of at least 4 members (excludes halogenated alkanes) is 10. The largest absolute Gasteiger partial charge is 0.418 e. The van der Waals surface area contributed by atoms with Gasteiger partial charge in [0.1, 0.15) is 0 Å². The van der Waals surface area contributed by atoms with Crippen LogP contribution in [-0.4, -0.2) is 29.8 Å². The zero-order chi connectivity index (χ0) is 17.6. The van der Waals surface area contributed by atoms with E-state index in [9.17, 15) is 0 Å². The Morgan fingerprint density at radius 1 is 0.391 bits per heavy atom. The molecule has 4 heteroatoms. The first-order chi connectivity index (χ1) is 10.7. The second-order valence-corrected chi connectivity index (χ2v) is 17.8. The Bertz CT molecular complexity index is 231. The fourth-order valence-electron chi connectivity index (χ4n) is 2.55. The van der Waals surface area contributed by atoms with Crippen molar-refractivity contribution in [3.05, 3.63) is 0 Å². The summed E-state index contributed by atoms with van der Waals surface area (Å²) in [4.78, 5) is 0. The van der Waals surface area contributed by atoms with Gasteiger partial charge in [-0.3, -0.25) is 0 Å². The van der Waals surface area contributed by atoms with Crippen molar-refractivity contribution < 1.29 is 8.85 Å². The molecule has 0 N–H and O–H groups in total. The summed E-state index contributed by atoms with van der Waals surface area (Å²) in [7, 11) is -2.55. The van der Waals surface area contributed by atoms with Gasteiger partial charge in [-0.15, -0.1) is 0 Å². The zero-order valence-electron chi connectivity index (χ0n) is 17.0. The standard InChI is InChI=1S/C19H44O2Si2/c1-22(2,3)20-18-16-14-12-10-8-7-9-11-13-15-17-19-21-23(4,5)6/h7-19H2,1-6H3. The van der Waals surface area contributed by atoms with E-state index in [4.69, 9.17) is 8.85 Å². The van der Waals surface area contributed by atoms with Crippen molar-refractivity contribution in [2.45, 2.75) is 110 Å². The summed E-state index contributed by atoms with van der Waals surface area (Å²) in [6.07, 6.45) is 15.1. The van der Waals surface area contributed by atoms with Crippen LogP contribution in [0.25, 0.3) is 0 Å². The first kappa shape index (κ1) is 23.4. The van der Waals surface area contributed by atoms with Gasteiger partial charge in [0.2, 0.25) is 0 Å². The highest BCUT2D eigenvalue weighted by molar-refractivity contribution is 6.70. The lowest BCUT2D eigenvalue weighted by molar-refractivity contribution is 0.298. The molecule has 0 saturated heterocycles. The smallest absolute Gasteiger partial charge is 0.183 e. The molecule has 0 aliphatic rings. The topological polar surface area (TPSA) is 18.5 Å². The zero-order valence-corrected chi connectivity index (χ0v) is 19.0. The Hall–Kier alpha value is 0.354. The van der Waals surface area contributed by atoms with Crippen LogP contribution in [-0.2, 0) is 8.85 Å². The van der Waals surface area contributed by atoms with E-state index in [2.05, 4.69) is 39.3 Å². The number of hydrogen-bond donors (Lipinski definition) is 0. The lowest BCUT2D eigenvalue weighted by Gasteiger charge is -2.16. The maximum Gasteiger partial charge on any atom is 0.183 e. The first-order valence-corrected chi connectivity index (χ1v) is 16.8. The van der Waals surface area contributed by atoms with Crippen LogP contribution < -0.4 is 0 Å². The molecule has 0 spiro atoms. The first-order valence-electron chi connectivity index (χ1n) is 9.99. The van der Waals surface area contributed by atoms with Crippen LogP contribution in [0.5, 0.6) is 0 Å². The van der Waals surface area contributed by atoms with Crippen molar-refractivity contribution in [1.29, 1.82) is 0 Å². The van der Waals surface area contributed by atoms with Crippen molar-refractivity contribution in [1.82, 2.24) is 0 Å². The monoisotopic (exact) mass is 360 g/mol. The van der Waals surface area contributed by atoms with Crippen molar-refractivity contribution in [3.8, 4) is 0 Å². The van der Waals surface area contributed by atoms with Crippen LogP contribution in [0.1, 0.15) is 70.6 Å². The van der Waals surface area contributed by atoms with Gasteiger partial charge in [-0.1, -0.05) is 57.8 Å². The molecule has 0 radical (unpaired) electrons. The molecule has 23 heavy (non-hydrogen) atoms. The molecular formula is C19H44O2Si2. The summed E-state index contributed by atoms with van der Waals surface area (Å²) >= 11 is 0. The molecule has 0 saturated carbocycles. The van der Waals surface area contributed by atoms with E-state index in [1.54, 1.807) is 0 Å². The molecule has 0 aromatic carbocycles. The Morgan fingerprint density at radius 2 is 0.609 bits per heavy atom. The molecule has 0 bridgehead atoms. The van der Waals surface area contributed by atoms with Crippen molar-refractivity contribution in [2.24, 2.45) is 0 Å². The normalized spacial score (nSPS) is 12.8. The SMILES string of the molecule is C[Si](C)(C)OCCCCCCCCCCCCCO[Si](C)(C)C. The molecule has 0 aromatic heterocycles. The van der Waals surface area contributed by atoms with Gasteiger partial charge in [-0.2, -0.15) is 0 Å². The summed E-state index contributed by atoms with van der Waals surface area (Å²) < 4.78 is 11.8. The Labute approximate surface area is 149 Å². The third-order valence-corrected chi connectivity index (χ3v) is 6.00. The molecule has 0 rings (SSSR count). The average molecular weight is 361 g/mol. The Kier molecular flexibility index (Phi) is 13.8. The van der Waals surface area contributed by atoms with Crippen molar-refractivity contribution >= 4 is 16.6 Å². The predicted octanol–water partition coefficient (Wildman–Crippen LogP) is 6.98. The lowest BCUT2D eigenvalue weighted by Crippen LogP contribution is -2.25. The highest BCUT2D eigenvalue weighted by Gasteiger charge is 2.13. The second-order valence-electron chi connectivity index (χ2n) is 8.81. The number of rotatable bonds is 16. The molecule has 0 aliphatic heterocycles. The highest BCUT2D eigenvalue weighted by Crippen LogP contribution is 2.12. The van der Waals surface area contributed by atoms with E-state index in [0.29, 0.717) is 0 Å². The van der Waals surface area contributed by atoms with E-state index >= 15 is 0 Å². The van der Waals surface area contributed by atoms with Gasteiger partial charge in [0.25, 0.3) is 0 Å². The van der Waals surface area contributed by atoms with Gasteiger partial charge >= 0.3 is 0 Å². The average Bonchev–Trinajstić information content (AvgIpc) is 2.40. The molecule has 0 fully saturated rings. The van der Waals surface area contributed by atoms with Crippen LogP contribution >= 0.6 is 0 Å². The summed E-state index contributed by atoms with van der Waals surface area (Å²) in [6.45, 7) is 15.6. The maximum absolute atomic E-state index is 5.88. The minimum absolute atomic E-state index is 0.983. The Morgan fingerprint density at radius 3 is 0.826 bits per heavy atom. The fraction of sp³-hybridized carbons (Fsp3) is 1.00. The molecule has 2 nitrogen and oxygen atoms in total. The van der Waals surface area contributed by atoms with Crippen LogP contribution in [0.2, 0.25) is 39.3 Å². The molecule has 0 aromatic rings. The quantitative estimate of drug-likeness (QED) is 0.218. The van der Waals surface area contributed by atoms with Crippen molar-refractivity contribution in [3.63, 3.8) is 0 Å². The molecule has 0 atom stereocenters. The molecule has 0 unspecified atom stereocenters. The van der Waals surface area contributed by atoms with E-state index in [0.717, 1.165) is 13.2 Å². The summed E-state index contributed by atoms with van der Waals surface area (Å²) in [5.41, 5.74) is 0. The summed E-state index contributed by atoms with van der Waals surface area (Å²) in [5.74, 6) is 0. The predicted molar refractivity (Wildman–Crippen MR) is 109 cm³/mol. The van der Waals surface area contributed by atoms with Crippen LogP contribution in [0.4, 0.5) is 0 Å². The van der Waals surface area contributed by atoms with Crippen LogP contribution in [0.3, 0.4) is 0 Å². The van der Waals surface area contributed by atoms with Crippen LogP contribution in [0.15, 0.2) is 0 Å². The minimum Gasteiger partial charge on any atom is -0.418 e. The van der Waals surface area contributed by atoms with Gasteiger partial charge in [0.15, 0.2) is 16.6 Å². The van der Waals surface area contributed by atoms with Crippen molar-refractivity contribution in [2.75, 3.05) is 13.2 Å². The van der Waals surface area contributed by atoms with Gasteiger partial charge < -0.3 is 8.85 Å². The minimum atomic E-state index is -1.28. The maximum atomic E-state index is 5.88. The van der Waals surface area contributed by atoms with E-state index in [1.807, 2.05) is 0 Å². The van der Waals surface area contributed by atoms with Gasteiger partial charge in [0, 0.05) is 13.2 Å². The Balaban J connectivity index is 3.08. The van der Waals surface area contributed by atoms with E-state index in [1.165, 1.54) is 70.6 Å². The molecular weight excluding hydrogens is 316 g/mol. The van der Waals surface area contributed by atoms with E-state index < -0.39 is 16.6 Å². The second kappa shape index (κ2) is 13.6. The summed E-state index contributed by atoms with van der Waals surface area (Å²) in [5, 5.41) is 0.